The molecule has 0 bridgehead atoms. The van der Waals surface area contributed by atoms with Gasteiger partial charge >= 0.3 is 0 Å². The first-order valence-corrected chi connectivity index (χ1v) is 9.18. The van der Waals surface area contributed by atoms with Crippen LogP contribution in [-0.2, 0) is 14.8 Å². The quantitative estimate of drug-likeness (QED) is 0.822. The van der Waals surface area contributed by atoms with Crippen molar-refractivity contribution in [1.29, 1.82) is 0 Å². The third-order valence-corrected chi connectivity index (χ3v) is 5.41. The molecule has 3 rings (SSSR count). The van der Waals surface area contributed by atoms with Crippen molar-refractivity contribution in [2.45, 2.75) is 13.0 Å². The largest absolute Gasteiger partial charge is 0.423 e. The minimum Gasteiger partial charge on any atom is -0.423 e. The van der Waals surface area contributed by atoms with Crippen LogP contribution in [0.25, 0.3) is 6.08 Å². The van der Waals surface area contributed by atoms with E-state index in [0.717, 1.165) is 5.41 Å². The molecule has 1 unspecified atom stereocenters. The van der Waals surface area contributed by atoms with Crippen LogP contribution in [0.5, 0.6) is 0 Å². The summed E-state index contributed by atoms with van der Waals surface area (Å²) in [5.74, 6) is 0.690. The number of sulfonamides is 1. The maximum absolute atomic E-state index is 12.5. The van der Waals surface area contributed by atoms with E-state index in [-0.39, 0.29) is 25.6 Å². The molecule has 9 heteroatoms. The number of aryl methyl sites for hydroxylation is 1. The number of aromatic nitrogens is 2. The average Bonchev–Trinajstić information content (AvgIpc) is 3.01. The van der Waals surface area contributed by atoms with E-state index < -0.39 is 16.1 Å². The van der Waals surface area contributed by atoms with Gasteiger partial charge in [-0.3, -0.25) is 0 Å². The fourth-order valence-electron chi connectivity index (χ4n) is 2.30. The number of halogens is 1. The Bertz CT molecular complexity index is 850. The van der Waals surface area contributed by atoms with Gasteiger partial charge < -0.3 is 9.15 Å². The van der Waals surface area contributed by atoms with E-state index in [2.05, 4.69) is 10.2 Å². The molecule has 0 radical (unpaired) electrons. The molecule has 7 nitrogen and oxygen atoms in total. The zero-order chi connectivity index (χ0) is 17.2. The number of ether oxygens (including phenoxy) is 1. The van der Waals surface area contributed by atoms with Gasteiger partial charge in [0.05, 0.1) is 6.61 Å². The molecule has 0 saturated carbocycles. The van der Waals surface area contributed by atoms with Crippen LogP contribution in [0.3, 0.4) is 0 Å². The highest BCUT2D eigenvalue weighted by atomic mass is 35.5. The lowest BCUT2D eigenvalue weighted by Crippen LogP contribution is -2.41. The van der Waals surface area contributed by atoms with Gasteiger partial charge in [0.2, 0.25) is 21.8 Å². The normalized spacial score (nSPS) is 19.8. The minimum absolute atomic E-state index is 0.122. The highest BCUT2D eigenvalue weighted by Crippen LogP contribution is 2.24. The van der Waals surface area contributed by atoms with Gasteiger partial charge in [-0.15, -0.1) is 10.2 Å². The number of morpholine rings is 1. The van der Waals surface area contributed by atoms with Gasteiger partial charge in [-0.25, -0.2) is 8.42 Å². The van der Waals surface area contributed by atoms with Crippen LogP contribution in [0.15, 0.2) is 34.1 Å². The molecule has 1 fully saturated rings. The van der Waals surface area contributed by atoms with Crippen molar-refractivity contribution in [3.05, 3.63) is 52.0 Å². The second kappa shape index (κ2) is 7.02. The monoisotopic (exact) mass is 369 g/mol. The lowest BCUT2D eigenvalue weighted by Gasteiger charge is -2.29. The highest BCUT2D eigenvalue weighted by molar-refractivity contribution is 7.92. The maximum atomic E-state index is 12.5. The van der Waals surface area contributed by atoms with Crippen molar-refractivity contribution in [2.24, 2.45) is 0 Å². The first-order valence-electron chi connectivity index (χ1n) is 7.30. The summed E-state index contributed by atoms with van der Waals surface area (Å²) >= 11 is 6.04. The van der Waals surface area contributed by atoms with Crippen LogP contribution in [-0.4, -0.2) is 42.6 Å². The molecule has 24 heavy (non-hydrogen) atoms. The molecule has 1 aromatic heterocycles. The second-order valence-electron chi connectivity index (χ2n) is 5.25. The molecule has 1 aliphatic rings. The molecule has 0 spiro atoms. The fourth-order valence-corrected chi connectivity index (χ4v) is 3.67. The van der Waals surface area contributed by atoms with E-state index in [1.807, 2.05) is 0 Å². The third kappa shape index (κ3) is 3.84. The molecule has 128 valence electrons. The predicted molar refractivity (Wildman–Crippen MR) is 88.7 cm³/mol. The van der Waals surface area contributed by atoms with Gasteiger partial charge in [-0.1, -0.05) is 29.8 Å². The van der Waals surface area contributed by atoms with Crippen molar-refractivity contribution in [1.82, 2.24) is 14.5 Å². The summed E-state index contributed by atoms with van der Waals surface area (Å²) in [7, 11) is -3.61. The van der Waals surface area contributed by atoms with E-state index in [0.29, 0.717) is 16.5 Å². The van der Waals surface area contributed by atoms with Crippen LogP contribution in [0.4, 0.5) is 0 Å². The topological polar surface area (TPSA) is 85.5 Å². The lowest BCUT2D eigenvalue weighted by molar-refractivity contribution is -0.0173. The Morgan fingerprint density at radius 1 is 1.33 bits per heavy atom. The van der Waals surface area contributed by atoms with Crippen molar-refractivity contribution in [3.63, 3.8) is 0 Å². The molecule has 1 aliphatic heterocycles. The van der Waals surface area contributed by atoms with E-state index >= 15 is 0 Å². The summed E-state index contributed by atoms with van der Waals surface area (Å²) in [4.78, 5) is 0. The SMILES string of the molecule is Cc1nnc(C2CN(S(=O)(=O)/C=C/c3ccccc3Cl)CCO2)o1. The van der Waals surface area contributed by atoms with Gasteiger partial charge in [-0.05, 0) is 17.7 Å². The Labute approximate surface area is 144 Å². The molecule has 0 aliphatic carbocycles. The van der Waals surface area contributed by atoms with Gasteiger partial charge in [0.15, 0.2) is 0 Å². The Kier molecular flexibility index (Phi) is 5.00. The Morgan fingerprint density at radius 2 is 2.12 bits per heavy atom. The molecule has 2 heterocycles. The number of nitrogens with zero attached hydrogens (tertiary/aromatic N) is 3. The number of hydrogen-bond donors (Lipinski definition) is 0. The zero-order valence-corrected chi connectivity index (χ0v) is 14.5. The molecule has 0 N–H and O–H groups in total. The molecule has 1 saturated heterocycles. The molecule has 1 atom stereocenters. The maximum Gasteiger partial charge on any atom is 0.246 e. The van der Waals surface area contributed by atoms with Gasteiger partial charge in [-0.2, -0.15) is 4.31 Å². The molecular weight excluding hydrogens is 354 g/mol. The summed E-state index contributed by atoms with van der Waals surface area (Å²) in [6, 6.07) is 7.03. The van der Waals surface area contributed by atoms with Crippen LogP contribution in [0.2, 0.25) is 5.02 Å². The van der Waals surface area contributed by atoms with Crippen molar-refractivity contribution in [2.75, 3.05) is 19.7 Å². The minimum atomic E-state index is -3.61. The Hall–Kier alpha value is -1.74. The summed E-state index contributed by atoms with van der Waals surface area (Å²) in [5.41, 5.74) is 0.639. The Morgan fingerprint density at radius 3 is 2.83 bits per heavy atom. The number of benzene rings is 1. The van der Waals surface area contributed by atoms with Crippen LogP contribution in [0, 0.1) is 6.92 Å². The van der Waals surface area contributed by atoms with Gasteiger partial charge in [0, 0.05) is 30.4 Å². The first-order chi connectivity index (χ1) is 11.5. The van der Waals surface area contributed by atoms with Crippen LogP contribution < -0.4 is 0 Å². The van der Waals surface area contributed by atoms with Gasteiger partial charge in [0.25, 0.3) is 0 Å². The second-order valence-corrected chi connectivity index (χ2v) is 7.47. The smallest absolute Gasteiger partial charge is 0.246 e. The zero-order valence-electron chi connectivity index (χ0n) is 12.9. The van der Waals surface area contributed by atoms with E-state index in [4.69, 9.17) is 20.8 Å². The molecule has 0 amide bonds. The van der Waals surface area contributed by atoms with E-state index in [9.17, 15) is 8.42 Å². The van der Waals surface area contributed by atoms with E-state index in [1.165, 1.54) is 10.4 Å². The molecular formula is C15H16ClN3O4S. The summed E-state index contributed by atoms with van der Waals surface area (Å²) in [6.07, 6.45) is 0.919. The summed E-state index contributed by atoms with van der Waals surface area (Å²) in [6.45, 7) is 2.31. The molecule has 1 aromatic carbocycles. The number of hydrogen-bond acceptors (Lipinski definition) is 6. The Balaban J connectivity index is 1.75. The van der Waals surface area contributed by atoms with Crippen molar-refractivity contribution < 1.29 is 17.6 Å². The summed E-state index contributed by atoms with van der Waals surface area (Å²) < 4.78 is 37.2. The number of rotatable bonds is 4. The van der Waals surface area contributed by atoms with Crippen LogP contribution >= 0.6 is 11.6 Å². The van der Waals surface area contributed by atoms with E-state index in [1.54, 1.807) is 31.2 Å². The lowest BCUT2D eigenvalue weighted by atomic mass is 10.2. The fraction of sp³-hybridized carbons (Fsp3) is 0.333. The highest BCUT2D eigenvalue weighted by Gasteiger charge is 2.31. The predicted octanol–water partition coefficient (Wildman–Crippen LogP) is 2.41. The van der Waals surface area contributed by atoms with Crippen molar-refractivity contribution in [3.8, 4) is 0 Å². The standard InChI is InChI=1S/C15H16ClN3O4S/c1-11-17-18-15(23-11)14-10-19(7-8-22-14)24(20,21)9-6-12-4-2-3-5-13(12)16/h2-6,9,14H,7-8,10H2,1H3/b9-6+. The van der Waals surface area contributed by atoms with Gasteiger partial charge in [0.1, 0.15) is 6.10 Å². The molecule has 2 aromatic rings. The van der Waals surface area contributed by atoms with Crippen LogP contribution in [0.1, 0.15) is 23.4 Å². The summed E-state index contributed by atoms with van der Waals surface area (Å²) in [5, 5.41) is 9.27. The third-order valence-electron chi connectivity index (χ3n) is 3.53. The van der Waals surface area contributed by atoms with Crippen molar-refractivity contribution >= 4 is 27.7 Å². The average molecular weight is 370 g/mol. The first kappa shape index (κ1) is 17.1.